The molecule has 1 aromatic heterocycles. The van der Waals surface area contributed by atoms with Gasteiger partial charge in [0.25, 0.3) is 0 Å². The number of anilines is 1. The van der Waals surface area contributed by atoms with Gasteiger partial charge in [0.05, 0.1) is 22.4 Å². The zero-order chi connectivity index (χ0) is 19.7. The first-order valence-corrected chi connectivity index (χ1v) is 9.67. The molecular formula is C21H26ClN3O2. The molecule has 1 aliphatic rings. The van der Waals surface area contributed by atoms with Gasteiger partial charge in [0.15, 0.2) is 11.6 Å². The largest absolute Gasteiger partial charge is 0.368 e. The van der Waals surface area contributed by atoms with E-state index < -0.39 is 0 Å². The lowest BCUT2D eigenvalue weighted by atomic mass is 10.0. The van der Waals surface area contributed by atoms with E-state index in [1.165, 1.54) is 6.92 Å². The van der Waals surface area contributed by atoms with Crippen LogP contribution < -0.4 is 4.90 Å². The Kier molecular flexibility index (Phi) is 5.72. The Morgan fingerprint density at radius 1 is 1.11 bits per heavy atom. The third-order valence-electron chi connectivity index (χ3n) is 5.47. The highest BCUT2D eigenvalue weighted by Crippen LogP contribution is 2.27. The van der Waals surface area contributed by atoms with E-state index in [0.717, 1.165) is 48.1 Å². The number of hydrogen-bond donors (Lipinski definition) is 1. The maximum Gasteiger partial charge on any atom is 0.196 e. The number of nitrogens with zero attached hydrogens (tertiary/aromatic N) is 2. The van der Waals surface area contributed by atoms with Crippen LogP contribution in [0.15, 0.2) is 24.3 Å². The van der Waals surface area contributed by atoms with Gasteiger partial charge in [-0.2, -0.15) is 0 Å². The van der Waals surface area contributed by atoms with Crippen LogP contribution in [-0.4, -0.2) is 53.7 Å². The normalized spacial score (nSPS) is 16.4. The van der Waals surface area contributed by atoms with Crippen LogP contribution in [0.1, 0.15) is 46.0 Å². The van der Waals surface area contributed by atoms with Crippen LogP contribution in [0.5, 0.6) is 0 Å². The minimum absolute atomic E-state index is 0.0127. The first-order chi connectivity index (χ1) is 12.8. The van der Waals surface area contributed by atoms with Crippen molar-refractivity contribution >= 4 is 28.9 Å². The molecule has 2 heterocycles. The number of carbonyl (C=O) groups is 2. The van der Waals surface area contributed by atoms with Gasteiger partial charge in [-0.25, -0.2) is 0 Å². The Bertz CT molecular complexity index is 866. The number of aryl methyl sites for hydroxylation is 1. The SMILES string of the molecule is CC(=O)c1c(C)[nH]c(C(=O)[C@@H](C)N2CCN(c3ccccc3Cl)CC2)c1C. The highest BCUT2D eigenvalue weighted by molar-refractivity contribution is 6.33. The fraction of sp³-hybridized carbons (Fsp3) is 0.429. The second-order valence-corrected chi connectivity index (χ2v) is 7.60. The van der Waals surface area contributed by atoms with Crippen molar-refractivity contribution in [2.24, 2.45) is 0 Å². The molecule has 0 spiro atoms. The lowest BCUT2D eigenvalue weighted by Gasteiger charge is -2.38. The second-order valence-electron chi connectivity index (χ2n) is 7.20. The minimum atomic E-state index is -0.241. The molecule has 6 heteroatoms. The first kappa shape index (κ1) is 19.6. The number of hydrogen-bond acceptors (Lipinski definition) is 4. The average molecular weight is 388 g/mol. The van der Waals surface area contributed by atoms with Gasteiger partial charge in [-0.05, 0) is 45.4 Å². The fourth-order valence-electron chi connectivity index (χ4n) is 3.96. The number of Topliss-reactive ketones (excluding diaryl/α,β-unsaturated/α-hetero) is 2. The Balaban J connectivity index is 1.70. The standard InChI is InChI=1S/C21H26ClN3O2/c1-13-19(16(4)26)14(2)23-20(13)21(27)15(3)24-9-11-25(12-10-24)18-8-6-5-7-17(18)22/h5-8,15,23H,9-12H2,1-4H3/t15-/m1/s1. The van der Waals surface area contributed by atoms with Crippen molar-refractivity contribution < 1.29 is 9.59 Å². The summed E-state index contributed by atoms with van der Waals surface area (Å²) >= 11 is 6.31. The third-order valence-corrected chi connectivity index (χ3v) is 5.79. The number of aromatic nitrogens is 1. The maximum atomic E-state index is 13.0. The molecule has 3 rings (SSSR count). The molecule has 0 unspecified atom stereocenters. The Hall–Kier alpha value is -2.11. The maximum absolute atomic E-state index is 13.0. The first-order valence-electron chi connectivity index (χ1n) is 9.29. The van der Waals surface area contributed by atoms with E-state index in [1.54, 1.807) is 0 Å². The van der Waals surface area contributed by atoms with Gasteiger partial charge in [-0.1, -0.05) is 23.7 Å². The van der Waals surface area contributed by atoms with Crippen molar-refractivity contribution in [3.05, 3.63) is 51.8 Å². The molecule has 2 aromatic rings. The van der Waals surface area contributed by atoms with E-state index in [0.29, 0.717) is 11.3 Å². The summed E-state index contributed by atoms with van der Waals surface area (Å²) in [5, 5.41) is 0.754. The van der Waals surface area contributed by atoms with E-state index in [-0.39, 0.29) is 17.6 Å². The smallest absolute Gasteiger partial charge is 0.196 e. The predicted octanol–water partition coefficient (Wildman–Crippen LogP) is 3.88. The number of H-pyrrole nitrogens is 1. The van der Waals surface area contributed by atoms with Crippen LogP contribution in [0.4, 0.5) is 5.69 Å². The highest BCUT2D eigenvalue weighted by Gasteiger charge is 2.29. The Morgan fingerprint density at radius 2 is 1.74 bits per heavy atom. The van der Waals surface area contributed by atoms with Crippen molar-refractivity contribution in [2.45, 2.75) is 33.7 Å². The quantitative estimate of drug-likeness (QED) is 0.791. The molecule has 144 valence electrons. The molecule has 1 aliphatic heterocycles. The van der Waals surface area contributed by atoms with E-state index in [4.69, 9.17) is 11.6 Å². The molecule has 0 saturated carbocycles. The monoisotopic (exact) mass is 387 g/mol. The molecule has 27 heavy (non-hydrogen) atoms. The second kappa shape index (κ2) is 7.87. The summed E-state index contributed by atoms with van der Waals surface area (Å²) in [7, 11) is 0. The van der Waals surface area contributed by atoms with E-state index >= 15 is 0 Å². The summed E-state index contributed by atoms with van der Waals surface area (Å²) in [6.45, 7) is 10.4. The van der Waals surface area contributed by atoms with Gasteiger partial charge in [-0.15, -0.1) is 0 Å². The molecule has 1 fully saturated rings. The summed E-state index contributed by atoms with van der Waals surface area (Å²) in [6.07, 6.45) is 0. The van der Waals surface area contributed by atoms with Crippen LogP contribution in [0.25, 0.3) is 0 Å². The topological polar surface area (TPSA) is 56.4 Å². The van der Waals surface area contributed by atoms with E-state index in [2.05, 4.69) is 14.8 Å². The van der Waals surface area contributed by atoms with Crippen molar-refractivity contribution in [1.82, 2.24) is 9.88 Å². The number of halogens is 1. The Labute approximate surface area is 165 Å². The van der Waals surface area contributed by atoms with Crippen molar-refractivity contribution in [1.29, 1.82) is 0 Å². The van der Waals surface area contributed by atoms with Crippen molar-refractivity contribution in [2.75, 3.05) is 31.1 Å². The number of carbonyl (C=O) groups excluding carboxylic acids is 2. The molecule has 0 aliphatic carbocycles. The number of para-hydroxylation sites is 1. The van der Waals surface area contributed by atoms with Gasteiger partial charge in [0.1, 0.15) is 0 Å². The predicted molar refractivity (Wildman–Crippen MR) is 109 cm³/mol. The zero-order valence-electron chi connectivity index (χ0n) is 16.3. The minimum Gasteiger partial charge on any atom is -0.368 e. The van der Waals surface area contributed by atoms with Crippen LogP contribution >= 0.6 is 11.6 Å². The van der Waals surface area contributed by atoms with Gasteiger partial charge in [0, 0.05) is 37.4 Å². The number of rotatable bonds is 5. The van der Waals surface area contributed by atoms with Gasteiger partial charge < -0.3 is 9.88 Å². The Morgan fingerprint density at radius 3 is 2.30 bits per heavy atom. The number of ketones is 2. The molecule has 0 amide bonds. The zero-order valence-corrected chi connectivity index (χ0v) is 17.1. The van der Waals surface area contributed by atoms with Crippen LogP contribution in [0.2, 0.25) is 5.02 Å². The molecule has 0 bridgehead atoms. The molecule has 1 N–H and O–H groups in total. The fourth-order valence-corrected chi connectivity index (χ4v) is 4.21. The summed E-state index contributed by atoms with van der Waals surface area (Å²) in [6, 6.07) is 7.61. The molecule has 1 atom stereocenters. The molecule has 0 radical (unpaired) electrons. The summed E-state index contributed by atoms with van der Waals surface area (Å²) < 4.78 is 0. The van der Waals surface area contributed by atoms with Crippen molar-refractivity contribution in [3.8, 4) is 0 Å². The number of nitrogens with one attached hydrogen (secondary N) is 1. The number of piperazine rings is 1. The van der Waals surface area contributed by atoms with E-state index in [1.807, 2.05) is 45.0 Å². The van der Waals surface area contributed by atoms with Crippen LogP contribution in [-0.2, 0) is 0 Å². The van der Waals surface area contributed by atoms with Crippen molar-refractivity contribution in [3.63, 3.8) is 0 Å². The molecular weight excluding hydrogens is 362 g/mol. The summed E-state index contributed by atoms with van der Waals surface area (Å²) in [4.78, 5) is 32.5. The lowest BCUT2D eigenvalue weighted by molar-refractivity contribution is 0.0824. The molecule has 5 nitrogen and oxygen atoms in total. The highest BCUT2D eigenvalue weighted by atomic mass is 35.5. The van der Waals surface area contributed by atoms with Gasteiger partial charge in [0.2, 0.25) is 0 Å². The van der Waals surface area contributed by atoms with Crippen LogP contribution in [0.3, 0.4) is 0 Å². The van der Waals surface area contributed by atoms with Crippen LogP contribution in [0, 0.1) is 13.8 Å². The lowest BCUT2D eigenvalue weighted by Crippen LogP contribution is -2.52. The van der Waals surface area contributed by atoms with E-state index in [9.17, 15) is 9.59 Å². The number of aromatic amines is 1. The average Bonchev–Trinajstić information content (AvgIpc) is 2.95. The van der Waals surface area contributed by atoms with Gasteiger partial charge >= 0.3 is 0 Å². The van der Waals surface area contributed by atoms with Gasteiger partial charge in [-0.3, -0.25) is 14.5 Å². The summed E-state index contributed by atoms with van der Waals surface area (Å²) in [5.41, 5.74) is 3.75. The summed E-state index contributed by atoms with van der Waals surface area (Å²) in [5.74, 6) is 0.0237. The molecule has 1 aromatic carbocycles. The molecule has 1 saturated heterocycles. The third kappa shape index (κ3) is 3.80. The number of benzene rings is 1.